The molecular weight excluding hydrogens is 232 g/mol. The van der Waals surface area contributed by atoms with E-state index in [0.717, 1.165) is 18.5 Å². The van der Waals surface area contributed by atoms with Gasteiger partial charge in [0.25, 0.3) is 0 Å². The lowest BCUT2D eigenvalue weighted by molar-refractivity contribution is -0.136. The Hall–Kier alpha value is -1.29. The van der Waals surface area contributed by atoms with Crippen LogP contribution in [0.2, 0.25) is 0 Å². The van der Waals surface area contributed by atoms with Crippen LogP contribution in [0.3, 0.4) is 0 Å². The molecule has 1 aromatic rings. The minimum Gasteiger partial charge on any atom is -0.480 e. The maximum atomic E-state index is 11.3. The molecule has 0 fully saturated rings. The summed E-state index contributed by atoms with van der Waals surface area (Å²) in [5.74, 6) is -1.44. The first kappa shape index (κ1) is 10.8. The quantitative estimate of drug-likeness (QED) is 0.700. The summed E-state index contributed by atoms with van der Waals surface area (Å²) in [7, 11) is -3.96. The van der Waals surface area contributed by atoms with Crippen LogP contribution in [0.25, 0.3) is 0 Å². The number of nitrogens with one attached hydrogen (secondary N) is 1. The zero-order valence-electron chi connectivity index (χ0n) is 6.91. The van der Waals surface area contributed by atoms with Gasteiger partial charge < -0.3 is 5.11 Å². The summed E-state index contributed by atoms with van der Waals surface area (Å²) in [5, 5.41) is 13.3. The molecule has 1 atom stereocenters. The first-order valence-electron chi connectivity index (χ1n) is 3.33. The Morgan fingerprint density at radius 2 is 2.29 bits per heavy atom. The van der Waals surface area contributed by atoms with Gasteiger partial charge in [-0.15, -0.1) is 0 Å². The van der Waals surface area contributed by atoms with E-state index in [9.17, 15) is 13.2 Å². The minimum absolute atomic E-state index is 0.0573. The van der Waals surface area contributed by atoms with Gasteiger partial charge >= 0.3 is 5.97 Å². The van der Waals surface area contributed by atoms with Gasteiger partial charge in [-0.2, -0.15) is 0 Å². The maximum absolute atomic E-state index is 11.3. The number of aliphatic carboxylic acids is 1. The number of sulfonamides is 1. The van der Waals surface area contributed by atoms with Gasteiger partial charge in [0.1, 0.15) is 0 Å². The molecule has 1 heterocycles. The molecule has 0 amide bonds. The highest BCUT2D eigenvalue weighted by Gasteiger charge is 2.28. The molecule has 1 aromatic heterocycles. The summed E-state index contributed by atoms with van der Waals surface area (Å²) in [4.78, 5) is 10.4. The standard InChI is InChI=1S/C4H6N4O4S2/c1-2(3(9)10)14(11,12)6-4-5-7-8-13-4/h2H,1H3,(H,9,10)(H,5,6,8). The second-order valence-corrected chi connectivity index (χ2v) is 5.03. The fraction of sp³-hybridized carbons (Fsp3) is 0.500. The van der Waals surface area contributed by atoms with E-state index in [-0.39, 0.29) is 5.13 Å². The van der Waals surface area contributed by atoms with E-state index in [1.807, 2.05) is 4.72 Å². The molecule has 0 saturated heterocycles. The monoisotopic (exact) mass is 238 g/mol. The fourth-order valence-electron chi connectivity index (χ4n) is 0.516. The van der Waals surface area contributed by atoms with E-state index < -0.39 is 21.2 Å². The third kappa shape index (κ3) is 2.35. The van der Waals surface area contributed by atoms with Crippen molar-refractivity contribution in [1.29, 1.82) is 0 Å². The summed E-state index contributed by atoms with van der Waals surface area (Å²) in [6.45, 7) is 1.05. The van der Waals surface area contributed by atoms with Crippen molar-refractivity contribution in [2.24, 2.45) is 0 Å². The zero-order valence-corrected chi connectivity index (χ0v) is 8.54. The highest BCUT2D eigenvalue weighted by Crippen LogP contribution is 2.10. The van der Waals surface area contributed by atoms with Gasteiger partial charge in [0, 0.05) is 11.5 Å². The van der Waals surface area contributed by atoms with E-state index in [1.165, 1.54) is 0 Å². The van der Waals surface area contributed by atoms with Crippen molar-refractivity contribution >= 4 is 32.7 Å². The zero-order chi connectivity index (χ0) is 10.8. The molecule has 0 aliphatic heterocycles. The number of nitrogens with zero attached hydrogens (tertiary/aromatic N) is 3. The molecule has 1 rings (SSSR count). The fourth-order valence-corrected chi connectivity index (χ4v) is 1.96. The molecule has 0 bridgehead atoms. The summed E-state index contributed by atoms with van der Waals surface area (Å²) in [6.07, 6.45) is 0. The Bertz CT molecular complexity index is 413. The van der Waals surface area contributed by atoms with Crippen molar-refractivity contribution in [2.75, 3.05) is 4.72 Å². The van der Waals surface area contributed by atoms with Crippen LogP contribution in [0.15, 0.2) is 0 Å². The highest BCUT2D eigenvalue weighted by molar-refractivity contribution is 7.94. The average molecular weight is 238 g/mol. The van der Waals surface area contributed by atoms with E-state index >= 15 is 0 Å². The van der Waals surface area contributed by atoms with E-state index in [1.54, 1.807) is 0 Å². The summed E-state index contributed by atoms with van der Waals surface area (Å²) in [6, 6.07) is 0. The van der Waals surface area contributed by atoms with Crippen LogP contribution in [0, 0.1) is 0 Å². The van der Waals surface area contributed by atoms with Gasteiger partial charge in [-0.1, -0.05) is 9.59 Å². The van der Waals surface area contributed by atoms with E-state index in [0.29, 0.717) is 0 Å². The molecular formula is C4H6N4O4S2. The molecule has 0 saturated carbocycles. The molecule has 2 N–H and O–H groups in total. The van der Waals surface area contributed by atoms with Crippen molar-refractivity contribution < 1.29 is 18.3 Å². The molecule has 8 nitrogen and oxygen atoms in total. The SMILES string of the molecule is CC(C(=O)O)S(=O)(=O)Nc1nnns1. The second kappa shape index (κ2) is 3.84. The number of anilines is 1. The van der Waals surface area contributed by atoms with Crippen molar-refractivity contribution in [2.45, 2.75) is 12.2 Å². The largest absolute Gasteiger partial charge is 0.480 e. The predicted octanol–water partition coefficient (Wildman–Crippen LogP) is -0.852. The van der Waals surface area contributed by atoms with Crippen LogP contribution in [-0.2, 0) is 14.8 Å². The molecule has 78 valence electrons. The van der Waals surface area contributed by atoms with Crippen molar-refractivity contribution in [1.82, 2.24) is 14.8 Å². The molecule has 0 aliphatic rings. The minimum atomic E-state index is -3.96. The molecule has 1 unspecified atom stereocenters. The molecule has 14 heavy (non-hydrogen) atoms. The molecule has 0 radical (unpaired) electrons. The Balaban J connectivity index is 2.83. The van der Waals surface area contributed by atoms with Crippen LogP contribution in [0.5, 0.6) is 0 Å². The van der Waals surface area contributed by atoms with Crippen LogP contribution >= 0.6 is 11.5 Å². The van der Waals surface area contributed by atoms with Crippen LogP contribution in [-0.4, -0.2) is 39.5 Å². The van der Waals surface area contributed by atoms with Gasteiger partial charge in [-0.25, -0.2) is 8.42 Å². The Morgan fingerprint density at radius 3 is 2.71 bits per heavy atom. The van der Waals surface area contributed by atoms with Gasteiger partial charge in [-0.3, -0.25) is 9.52 Å². The van der Waals surface area contributed by atoms with Gasteiger partial charge in [0.15, 0.2) is 5.25 Å². The van der Waals surface area contributed by atoms with Crippen LogP contribution < -0.4 is 4.72 Å². The molecule has 0 spiro atoms. The predicted molar refractivity (Wildman–Crippen MR) is 47.3 cm³/mol. The number of aromatic nitrogens is 3. The van der Waals surface area contributed by atoms with Gasteiger partial charge in [0.05, 0.1) is 0 Å². The van der Waals surface area contributed by atoms with Crippen LogP contribution in [0.4, 0.5) is 5.13 Å². The molecule has 0 aromatic carbocycles. The van der Waals surface area contributed by atoms with Gasteiger partial charge in [-0.05, 0) is 12.1 Å². The summed E-state index contributed by atoms with van der Waals surface area (Å²) >= 11 is 0.723. The number of carboxylic acid groups (broad SMARTS) is 1. The lowest BCUT2D eigenvalue weighted by Gasteiger charge is -2.07. The second-order valence-electron chi connectivity index (χ2n) is 2.30. The third-order valence-electron chi connectivity index (χ3n) is 1.34. The normalized spacial score (nSPS) is 13.5. The molecule has 10 heteroatoms. The highest BCUT2D eigenvalue weighted by atomic mass is 32.2. The smallest absolute Gasteiger partial charge is 0.323 e. The van der Waals surface area contributed by atoms with Crippen LogP contribution in [0.1, 0.15) is 6.92 Å². The summed E-state index contributed by atoms with van der Waals surface area (Å²) in [5.41, 5.74) is 0. The number of hydrogen-bond acceptors (Lipinski definition) is 7. The van der Waals surface area contributed by atoms with Gasteiger partial charge in [0.2, 0.25) is 15.2 Å². The Kier molecular flexibility index (Phi) is 2.96. The van der Waals surface area contributed by atoms with E-state index in [2.05, 4.69) is 14.8 Å². The topological polar surface area (TPSA) is 122 Å². The van der Waals surface area contributed by atoms with E-state index in [4.69, 9.17) is 5.11 Å². The Morgan fingerprint density at radius 1 is 1.64 bits per heavy atom. The number of rotatable bonds is 4. The summed E-state index contributed by atoms with van der Waals surface area (Å²) < 4.78 is 27.8. The van der Waals surface area contributed by atoms with Crippen molar-refractivity contribution in [3.8, 4) is 0 Å². The third-order valence-corrected chi connectivity index (χ3v) is 3.59. The van der Waals surface area contributed by atoms with Crippen molar-refractivity contribution in [3.05, 3.63) is 0 Å². The average Bonchev–Trinajstić information content (AvgIpc) is 2.54. The number of carbonyl (C=O) groups is 1. The maximum Gasteiger partial charge on any atom is 0.323 e. The Labute approximate surface area is 83.2 Å². The first-order valence-corrected chi connectivity index (χ1v) is 5.65. The van der Waals surface area contributed by atoms with Crippen molar-refractivity contribution in [3.63, 3.8) is 0 Å². The lowest BCUT2D eigenvalue weighted by atomic mass is 10.5. The number of carboxylic acids is 1. The lowest BCUT2D eigenvalue weighted by Crippen LogP contribution is -2.32. The number of hydrogen-bond donors (Lipinski definition) is 2. The molecule has 0 aliphatic carbocycles. The first-order chi connectivity index (χ1) is 6.43.